The first-order valence-electron chi connectivity index (χ1n) is 12.5. The zero-order valence-electron chi connectivity index (χ0n) is 22.2. The van der Waals surface area contributed by atoms with Gasteiger partial charge in [0.15, 0.2) is 0 Å². The summed E-state index contributed by atoms with van der Waals surface area (Å²) in [4.78, 5) is 32.6. The lowest BCUT2D eigenvalue weighted by molar-refractivity contribution is -0.132. The third-order valence-corrected chi connectivity index (χ3v) is 7.18. The molecule has 7 nitrogen and oxygen atoms in total. The van der Waals surface area contributed by atoms with Crippen LogP contribution in [0.2, 0.25) is 5.02 Å². The van der Waals surface area contributed by atoms with E-state index in [0.717, 1.165) is 24.5 Å². The number of ether oxygens (including phenoxy) is 1. The minimum absolute atomic E-state index is 0.0302. The fraction of sp³-hybridized carbons (Fsp3) is 0.267. The number of carbonyl (C=O) groups excluding carboxylic acids is 2. The van der Waals surface area contributed by atoms with E-state index in [2.05, 4.69) is 18.7 Å². The van der Waals surface area contributed by atoms with Gasteiger partial charge in [-0.15, -0.1) is 0 Å². The first kappa shape index (κ1) is 27.1. The van der Waals surface area contributed by atoms with Crippen LogP contribution in [-0.4, -0.2) is 51.1 Å². The molecule has 1 saturated heterocycles. The van der Waals surface area contributed by atoms with E-state index >= 15 is 0 Å². The minimum Gasteiger partial charge on any atom is -0.507 e. The first-order valence-corrected chi connectivity index (χ1v) is 12.9. The number of rotatable bonds is 8. The Morgan fingerprint density at radius 2 is 1.55 bits per heavy atom. The molecule has 3 aromatic rings. The lowest BCUT2D eigenvalue weighted by atomic mass is 9.94. The van der Waals surface area contributed by atoms with Gasteiger partial charge in [-0.25, -0.2) is 0 Å². The molecule has 1 unspecified atom stereocenters. The Morgan fingerprint density at radius 1 is 0.947 bits per heavy atom. The Balaban J connectivity index is 1.91. The van der Waals surface area contributed by atoms with E-state index in [-0.39, 0.29) is 21.9 Å². The molecule has 198 valence electrons. The normalized spacial score (nSPS) is 16.6. The van der Waals surface area contributed by atoms with Crippen molar-refractivity contribution in [1.29, 1.82) is 0 Å². The van der Waals surface area contributed by atoms with Gasteiger partial charge in [0, 0.05) is 49.8 Å². The average molecular weight is 534 g/mol. The van der Waals surface area contributed by atoms with Crippen LogP contribution in [0, 0.1) is 0 Å². The van der Waals surface area contributed by atoms with Gasteiger partial charge in [0.05, 0.1) is 23.7 Å². The summed E-state index contributed by atoms with van der Waals surface area (Å²) in [5.41, 5.74) is 3.41. The predicted molar refractivity (Wildman–Crippen MR) is 154 cm³/mol. The molecule has 3 aromatic carbocycles. The number of hydrogen-bond acceptors (Lipinski definition) is 6. The third kappa shape index (κ3) is 4.94. The van der Waals surface area contributed by atoms with Crippen molar-refractivity contribution >= 4 is 46.1 Å². The van der Waals surface area contributed by atoms with Gasteiger partial charge in [-0.1, -0.05) is 23.7 Å². The first-order chi connectivity index (χ1) is 18.2. The van der Waals surface area contributed by atoms with Gasteiger partial charge in [0.2, 0.25) is 0 Å². The van der Waals surface area contributed by atoms with Crippen molar-refractivity contribution in [2.24, 2.45) is 0 Å². The van der Waals surface area contributed by atoms with E-state index in [1.54, 1.807) is 30.3 Å². The number of aliphatic hydroxyl groups is 1. The highest BCUT2D eigenvalue weighted by molar-refractivity contribution is 6.52. The summed E-state index contributed by atoms with van der Waals surface area (Å²) in [6.45, 7) is 5.87. The molecule has 1 N–H and O–H groups in total. The van der Waals surface area contributed by atoms with E-state index in [0.29, 0.717) is 17.0 Å². The largest absolute Gasteiger partial charge is 0.507 e. The van der Waals surface area contributed by atoms with Crippen LogP contribution in [0.3, 0.4) is 0 Å². The van der Waals surface area contributed by atoms with E-state index in [1.807, 2.05) is 55.4 Å². The van der Waals surface area contributed by atoms with Crippen molar-refractivity contribution in [3.05, 3.63) is 88.5 Å². The molecule has 8 heteroatoms. The smallest absolute Gasteiger partial charge is 0.300 e. The van der Waals surface area contributed by atoms with Gasteiger partial charge in [0.25, 0.3) is 11.7 Å². The molecule has 1 aliphatic rings. The fourth-order valence-corrected chi connectivity index (χ4v) is 4.95. The lowest BCUT2D eigenvalue weighted by Gasteiger charge is -2.27. The standard InChI is InChI=1S/C30H32ClN3O4/c1-6-33(7-2)21-10-8-19(9-11-21)27-26(28(35)24-18-23(38-5)16-17-25(24)31)29(36)30(37)34(27)22-14-12-20(13-15-22)32(3)4/h8-18,27,35H,6-7H2,1-5H3/b28-26+. The number of benzene rings is 3. The molecule has 1 atom stereocenters. The van der Waals surface area contributed by atoms with Gasteiger partial charge in [0.1, 0.15) is 11.5 Å². The van der Waals surface area contributed by atoms with Crippen molar-refractivity contribution in [1.82, 2.24) is 0 Å². The number of ketones is 1. The van der Waals surface area contributed by atoms with Crippen LogP contribution in [0.5, 0.6) is 5.75 Å². The second-order valence-electron chi connectivity index (χ2n) is 9.19. The maximum absolute atomic E-state index is 13.5. The molecule has 1 amide bonds. The Morgan fingerprint density at radius 3 is 2.11 bits per heavy atom. The van der Waals surface area contributed by atoms with Crippen molar-refractivity contribution in [2.45, 2.75) is 19.9 Å². The molecule has 0 radical (unpaired) electrons. The molecular formula is C30H32ClN3O4. The Bertz CT molecular complexity index is 1360. The van der Waals surface area contributed by atoms with Crippen molar-refractivity contribution < 1.29 is 19.4 Å². The maximum atomic E-state index is 13.5. The predicted octanol–water partition coefficient (Wildman–Crippen LogP) is 5.89. The zero-order valence-corrected chi connectivity index (χ0v) is 23.0. The molecule has 4 rings (SSSR count). The number of nitrogens with zero attached hydrogens (tertiary/aromatic N) is 3. The van der Waals surface area contributed by atoms with Gasteiger partial charge < -0.3 is 19.6 Å². The SMILES string of the molecule is CCN(CC)c1ccc(C2/C(=C(\O)c3cc(OC)ccc3Cl)C(=O)C(=O)N2c2ccc(N(C)C)cc2)cc1. The molecule has 0 bridgehead atoms. The number of hydrogen-bond donors (Lipinski definition) is 1. The van der Waals surface area contributed by atoms with E-state index < -0.39 is 17.7 Å². The van der Waals surface area contributed by atoms with Crippen LogP contribution in [0.25, 0.3) is 5.76 Å². The van der Waals surface area contributed by atoms with E-state index in [4.69, 9.17) is 16.3 Å². The molecule has 0 spiro atoms. The zero-order chi connectivity index (χ0) is 27.6. The number of methoxy groups -OCH3 is 1. The van der Waals surface area contributed by atoms with Gasteiger partial charge in [-0.2, -0.15) is 0 Å². The van der Waals surface area contributed by atoms with Gasteiger partial charge in [-0.05, 0) is 74.0 Å². The number of aliphatic hydroxyl groups excluding tert-OH is 1. The molecule has 1 heterocycles. The lowest BCUT2D eigenvalue weighted by Crippen LogP contribution is -2.29. The molecular weight excluding hydrogens is 502 g/mol. The number of carbonyl (C=O) groups is 2. The van der Waals surface area contributed by atoms with Crippen LogP contribution < -0.4 is 19.4 Å². The number of amides is 1. The molecule has 0 saturated carbocycles. The second kappa shape index (κ2) is 11.2. The summed E-state index contributed by atoms with van der Waals surface area (Å²) < 4.78 is 5.30. The third-order valence-electron chi connectivity index (χ3n) is 6.85. The number of halogens is 1. The fourth-order valence-electron chi connectivity index (χ4n) is 4.74. The summed E-state index contributed by atoms with van der Waals surface area (Å²) in [6, 6.07) is 19.0. The number of anilines is 3. The van der Waals surface area contributed by atoms with E-state index in [9.17, 15) is 14.7 Å². The monoisotopic (exact) mass is 533 g/mol. The average Bonchev–Trinajstić information content (AvgIpc) is 3.19. The number of Topliss-reactive ketones (excluding diaryl/α,β-unsaturated/α-hetero) is 1. The molecule has 0 aliphatic carbocycles. The van der Waals surface area contributed by atoms with Crippen molar-refractivity contribution in [3.8, 4) is 5.75 Å². The maximum Gasteiger partial charge on any atom is 0.300 e. The van der Waals surface area contributed by atoms with Crippen LogP contribution in [0.4, 0.5) is 17.1 Å². The Kier molecular flexibility index (Phi) is 7.97. The van der Waals surface area contributed by atoms with E-state index in [1.165, 1.54) is 12.0 Å². The van der Waals surface area contributed by atoms with Crippen LogP contribution in [0.15, 0.2) is 72.3 Å². The van der Waals surface area contributed by atoms with Crippen LogP contribution in [-0.2, 0) is 9.59 Å². The summed E-state index contributed by atoms with van der Waals surface area (Å²) in [7, 11) is 5.36. The van der Waals surface area contributed by atoms with Gasteiger partial charge >= 0.3 is 0 Å². The highest BCUT2D eigenvalue weighted by Crippen LogP contribution is 2.44. The molecule has 1 fully saturated rings. The molecule has 0 aromatic heterocycles. The Hall–Kier alpha value is -3.97. The van der Waals surface area contributed by atoms with Crippen LogP contribution in [0.1, 0.15) is 31.0 Å². The minimum atomic E-state index is -0.853. The van der Waals surface area contributed by atoms with Crippen molar-refractivity contribution in [2.75, 3.05) is 49.0 Å². The summed E-state index contributed by atoms with van der Waals surface area (Å²) in [5, 5.41) is 11.7. The molecule has 38 heavy (non-hydrogen) atoms. The summed E-state index contributed by atoms with van der Waals surface area (Å²) in [5.74, 6) is -1.39. The summed E-state index contributed by atoms with van der Waals surface area (Å²) in [6.07, 6.45) is 0. The highest BCUT2D eigenvalue weighted by Gasteiger charge is 2.47. The quantitative estimate of drug-likeness (QED) is 0.221. The van der Waals surface area contributed by atoms with Gasteiger partial charge in [-0.3, -0.25) is 14.5 Å². The topological polar surface area (TPSA) is 73.3 Å². The second-order valence-corrected chi connectivity index (χ2v) is 9.60. The summed E-state index contributed by atoms with van der Waals surface area (Å²) >= 11 is 6.42. The highest BCUT2D eigenvalue weighted by atomic mass is 35.5. The van der Waals surface area contributed by atoms with Crippen LogP contribution >= 0.6 is 11.6 Å². The van der Waals surface area contributed by atoms with Crippen molar-refractivity contribution in [3.63, 3.8) is 0 Å². The molecule has 1 aliphatic heterocycles. The Labute approximate surface area is 228 Å².